The molecule has 1 aliphatic heterocycles. The summed E-state index contributed by atoms with van der Waals surface area (Å²) in [6, 6.07) is 20.2. The van der Waals surface area contributed by atoms with Gasteiger partial charge in [0, 0.05) is 10.7 Å². The Balaban J connectivity index is 1.34. The molecule has 0 spiro atoms. The molecule has 6 nitrogen and oxygen atoms in total. The molecule has 0 radical (unpaired) electrons. The molecule has 3 aromatic carbocycles. The number of hydrogen-bond acceptors (Lipinski definition) is 5. The molecule has 0 aliphatic carbocycles. The van der Waals surface area contributed by atoms with E-state index in [9.17, 15) is 9.59 Å². The summed E-state index contributed by atoms with van der Waals surface area (Å²) < 4.78 is 11.0. The first-order valence-electron chi connectivity index (χ1n) is 9.80. The van der Waals surface area contributed by atoms with E-state index in [-0.39, 0.29) is 25.0 Å². The Morgan fingerprint density at radius 2 is 1.84 bits per heavy atom. The molecule has 0 atom stereocenters. The van der Waals surface area contributed by atoms with E-state index >= 15 is 0 Å². The third-order valence-corrected chi connectivity index (χ3v) is 5.04. The highest BCUT2D eigenvalue weighted by Crippen LogP contribution is 2.32. The number of carbonyl (C=O) groups excluding carboxylic acids is 2. The van der Waals surface area contributed by atoms with E-state index in [0.29, 0.717) is 28.8 Å². The standard InChI is InChI=1S/C24H21ClN2O4/c1-16-2-11-21-22(12-16)31-24(29)14-27(21)13-23(28)26-19-7-9-20(10-8-19)30-15-17-3-5-18(25)6-4-17/h2-12H,13-15H2,1H3,(H,26,28). The van der Waals surface area contributed by atoms with Gasteiger partial charge in [-0.1, -0.05) is 29.8 Å². The zero-order chi connectivity index (χ0) is 21.8. The Labute approximate surface area is 185 Å². The van der Waals surface area contributed by atoms with Crippen LogP contribution < -0.4 is 19.7 Å². The van der Waals surface area contributed by atoms with Crippen molar-refractivity contribution in [2.75, 3.05) is 23.3 Å². The molecule has 1 heterocycles. The molecule has 1 amide bonds. The molecule has 4 rings (SSSR count). The van der Waals surface area contributed by atoms with Crippen LogP contribution in [-0.2, 0) is 16.2 Å². The Kier molecular flexibility index (Phi) is 6.09. The van der Waals surface area contributed by atoms with Crippen molar-refractivity contribution in [3.8, 4) is 11.5 Å². The quantitative estimate of drug-likeness (QED) is 0.452. The van der Waals surface area contributed by atoms with Crippen molar-refractivity contribution in [3.63, 3.8) is 0 Å². The van der Waals surface area contributed by atoms with Gasteiger partial charge < -0.3 is 19.7 Å². The van der Waals surface area contributed by atoms with Crippen molar-refractivity contribution in [1.82, 2.24) is 0 Å². The zero-order valence-electron chi connectivity index (χ0n) is 16.9. The molecule has 1 N–H and O–H groups in total. The smallest absolute Gasteiger partial charge is 0.331 e. The van der Waals surface area contributed by atoms with Crippen LogP contribution in [-0.4, -0.2) is 25.0 Å². The number of esters is 1. The van der Waals surface area contributed by atoms with Crippen LogP contribution in [0.3, 0.4) is 0 Å². The number of aryl methyl sites for hydroxylation is 1. The number of ether oxygens (including phenoxy) is 2. The first-order chi connectivity index (χ1) is 15.0. The maximum Gasteiger partial charge on any atom is 0.331 e. The van der Waals surface area contributed by atoms with Crippen molar-refractivity contribution in [1.29, 1.82) is 0 Å². The zero-order valence-corrected chi connectivity index (χ0v) is 17.7. The van der Waals surface area contributed by atoms with Gasteiger partial charge in [-0.15, -0.1) is 0 Å². The molecule has 0 aromatic heterocycles. The number of nitrogens with zero attached hydrogens (tertiary/aromatic N) is 1. The fourth-order valence-corrected chi connectivity index (χ4v) is 3.38. The second kappa shape index (κ2) is 9.10. The molecule has 1 aliphatic rings. The Morgan fingerprint density at radius 1 is 1.10 bits per heavy atom. The van der Waals surface area contributed by atoms with Crippen LogP contribution in [0.15, 0.2) is 66.7 Å². The van der Waals surface area contributed by atoms with Crippen molar-refractivity contribution in [2.24, 2.45) is 0 Å². The molecule has 31 heavy (non-hydrogen) atoms. The largest absolute Gasteiger partial charge is 0.489 e. The van der Waals surface area contributed by atoms with Crippen LogP contribution in [0.5, 0.6) is 11.5 Å². The minimum Gasteiger partial charge on any atom is -0.489 e. The highest BCUT2D eigenvalue weighted by molar-refractivity contribution is 6.30. The molecular formula is C24H21ClN2O4. The number of halogens is 1. The lowest BCUT2D eigenvalue weighted by molar-refractivity contribution is -0.133. The molecule has 3 aromatic rings. The first kappa shape index (κ1) is 20.8. The average Bonchev–Trinajstić information content (AvgIpc) is 2.74. The van der Waals surface area contributed by atoms with Crippen molar-refractivity contribution < 1.29 is 19.1 Å². The first-order valence-corrected chi connectivity index (χ1v) is 10.2. The molecule has 0 saturated heterocycles. The monoisotopic (exact) mass is 436 g/mol. The number of amides is 1. The molecule has 0 saturated carbocycles. The van der Waals surface area contributed by atoms with Gasteiger partial charge in [-0.2, -0.15) is 0 Å². The minimum absolute atomic E-state index is 0.0287. The topological polar surface area (TPSA) is 67.9 Å². The third kappa shape index (κ3) is 5.35. The number of fused-ring (bicyclic) bond motifs is 1. The van der Waals surface area contributed by atoms with Crippen LogP contribution in [0.25, 0.3) is 0 Å². The molecule has 0 bridgehead atoms. The van der Waals surface area contributed by atoms with Gasteiger partial charge in [-0.3, -0.25) is 4.79 Å². The molecule has 0 unspecified atom stereocenters. The summed E-state index contributed by atoms with van der Waals surface area (Å²) >= 11 is 5.89. The Morgan fingerprint density at radius 3 is 2.58 bits per heavy atom. The van der Waals surface area contributed by atoms with Gasteiger partial charge in [0.25, 0.3) is 0 Å². The summed E-state index contributed by atoms with van der Waals surface area (Å²) in [7, 11) is 0. The second-order valence-corrected chi connectivity index (χ2v) is 7.73. The molecule has 7 heteroatoms. The van der Waals surface area contributed by atoms with E-state index in [1.54, 1.807) is 35.2 Å². The van der Waals surface area contributed by atoms with E-state index in [1.165, 1.54) is 0 Å². The van der Waals surface area contributed by atoms with Crippen LogP contribution in [0.2, 0.25) is 5.02 Å². The third-order valence-electron chi connectivity index (χ3n) is 4.79. The fraction of sp³-hybridized carbons (Fsp3) is 0.167. The lowest BCUT2D eigenvalue weighted by Gasteiger charge is -2.29. The highest BCUT2D eigenvalue weighted by Gasteiger charge is 2.25. The molecule has 0 fully saturated rings. The average molecular weight is 437 g/mol. The normalized spacial score (nSPS) is 12.7. The van der Waals surface area contributed by atoms with E-state index in [2.05, 4.69) is 5.32 Å². The van der Waals surface area contributed by atoms with Crippen LogP contribution in [0.4, 0.5) is 11.4 Å². The molecule has 158 valence electrons. The van der Waals surface area contributed by atoms with Crippen LogP contribution in [0, 0.1) is 6.92 Å². The summed E-state index contributed by atoms with van der Waals surface area (Å²) in [5.41, 5.74) is 3.37. The predicted octanol–water partition coefficient (Wildman–Crippen LogP) is 4.59. The molecular weight excluding hydrogens is 416 g/mol. The van der Waals surface area contributed by atoms with Crippen molar-refractivity contribution in [3.05, 3.63) is 82.9 Å². The number of carbonyl (C=O) groups is 2. The second-order valence-electron chi connectivity index (χ2n) is 7.29. The lowest BCUT2D eigenvalue weighted by atomic mass is 10.1. The summed E-state index contributed by atoms with van der Waals surface area (Å²) in [5, 5.41) is 3.53. The maximum atomic E-state index is 12.5. The lowest BCUT2D eigenvalue weighted by Crippen LogP contribution is -2.41. The van der Waals surface area contributed by atoms with Gasteiger partial charge >= 0.3 is 5.97 Å². The van der Waals surface area contributed by atoms with Gasteiger partial charge in [-0.05, 0) is 66.6 Å². The van der Waals surface area contributed by atoms with Gasteiger partial charge in [0.05, 0.1) is 12.2 Å². The predicted molar refractivity (Wildman–Crippen MR) is 120 cm³/mol. The number of anilines is 2. The Bertz CT molecular complexity index is 1100. The number of benzene rings is 3. The van der Waals surface area contributed by atoms with E-state index in [0.717, 1.165) is 16.8 Å². The van der Waals surface area contributed by atoms with Gasteiger partial charge in [0.1, 0.15) is 18.9 Å². The van der Waals surface area contributed by atoms with E-state index in [1.807, 2.05) is 43.3 Å². The van der Waals surface area contributed by atoms with Gasteiger partial charge in [0.2, 0.25) is 5.91 Å². The van der Waals surface area contributed by atoms with Gasteiger partial charge in [-0.25, -0.2) is 4.79 Å². The van der Waals surface area contributed by atoms with Crippen molar-refractivity contribution >= 4 is 34.9 Å². The van der Waals surface area contributed by atoms with E-state index in [4.69, 9.17) is 21.1 Å². The maximum absolute atomic E-state index is 12.5. The van der Waals surface area contributed by atoms with Crippen LogP contribution in [0.1, 0.15) is 11.1 Å². The van der Waals surface area contributed by atoms with Crippen molar-refractivity contribution in [2.45, 2.75) is 13.5 Å². The summed E-state index contributed by atoms with van der Waals surface area (Å²) in [5.74, 6) is 0.561. The van der Waals surface area contributed by atoms with E-state index < -0.39 is 0 Å². The number of hydrogen-bond donors (Lipinski definition) is 1. The summed E-state index contributed by atoms with van der Waals surface area (Å²) in [4.78, 5) is 26.1. The summed E-state index contributed by atoms with van der Waals surface area (Å²) in [6.45, 7) is 2.41. The Hall–Kier alpha value is -3.51. The summed E-state index contributed by atoms with van der Waals surface area (Å²) in [6.07, 6.45) is 0. The van der Waals surface area contributed by atoms with Crippen LogP contribution >= 0.6 is 11.6 Å². The highest BCUT2D eigenvalue weighted by atomic mass is 35.5. The number of nitrogens with one attached hydrogen (secondary N) is 1. The fourth-order valence-electron chi connectivity index (χ4n) is 3.26. The van der Waals surface area contributed by atoms with Gasteiger partial charge in [0.15, 0.2) is 5.75 Å². The number of rotatable bonds is 6. The minimum atomic E-state index is -0.381. The SMILES string of the molecule is Cc1ccc2c(c1)OC(=O)CN2CC(=O)Nc1ccc(OCc2ccc(Cl)cc2)cc1.